The lowest BCUT2D eigenvalue weighted by Gasteiger charge is -2.35. The Morgan fingerprint density at radius 2 is 1.45 bits per heavy atom. The number of rotatable bonds is 19. The van der Waals surface area contributed by atoms with E-state index in [4.69, 9.17) is 43.7 Å². The van der Waals surface area contributed by atoms with E-state index in [2.05, 4.69) is 19.0 Å². The van der Waals surface area contributed by atoms with Crippen molar-refractivity contribution in [2.75, 3.05) is 72.5 Å². The van der Waals surface area contributed by atoms with Crippen molar-refractivity contribution in [3.05, 3.63) is 59.2 Å². The molecule has 56 heavy (non-hydrogen) atoms. The lowest BCUT2D eigenvalue weighted by Crippen LogP contribution is -2.41. The van der Waals surface area contributed by atoms with Crippen molar-refractivity contribution >= 4 is 40.8 Å². The van der Waals surface area contributed by atoms with Gasteiger partial charge in [0.25, 0.3) is 5.91 Å². The van der Waals surface area contributed by atoms with E-state index >= 15 is 0 Å². The number of ether oxygens (including phenoxy) is 7. The van der Waals surface area contributed by atoms with Crippen molar-refractivity contribution < 1.29 is 42.8 Å². The Labute approximate surface area is 339 Å². The molecule has 2 atom stereocenters. The Morgan fingerprint density at radius 3 is 2.05 bits per heavy atom. The minimum atomic E-state index is -0.307. The maximum atomic E-state index is 13.8. The van der Waals surface area contributed by atoms with Crippen LogP contribution in [0.5, 0.6) is 40.2 Å². The van der Waals surface area contributed by atoms with Crippen LogP contribution in [0.1, 0.15) is 73.5 Å². The lowest BCUT2D eigenvalue weighted by molar-refractivity contribution is 0.0745. The third-order valence-corrected chi connectivity index (χ3v) is 13.4. The van der Waals surface area contributed by atoms with Crippen LogP contribution in [0, 0.1) is 11.8 Å². The number of hydrogen-bond donors (Lipinski definition) is 1. The molecule has 0 aromatic heterocycles. The minimum absolute atomic E-state index is 0.0382. The van der Waals surface area contributed by atoms with Crippen LogP contribution in [0.15, 0.2) is 47.6 Å². The third kappa shape index (κ3) is 9.12. The third-order valence-electron chi connectivity index (χ3n) is 10.6. The predicted octanol–water partition coefficient (Wildman–Crippen LogP) is 8.10. The molecule has 1 unspecified atom stereocenters. The van der Waals surface area contributed by atoms with Crippen LogP contribution in [0.2, 0.25) is 0 Å². The van der Waals surface area contributed by atoms with Gasteiger partial charge in [0.15, 0.2) is 40.6 Å². The number of nitrogen functional groups attached to an aromatic ring is 1. The minimum Gasteiger partial charge on any atom is -0.493 e. The van der Waals surface area contributed by atoms with Gasteiger partial charge in [-0.25, -0.2) is 0 Å². The highest BCUT2D eigenvalue weighted by atomic mass is 32.2. The number of methoxy groups -OCH3 is 5. The fraction of sp³-hybridized carbons (Fsp3) is 0.524. The molecule has 0 radical (unpaired) electrons. The first-order valence-corrected chi connectivity index (χ1v) is 21.3. The van der Waals surface area contributed by atoms with Crippen molar-refractivity contribution in [2.24, 2.45) is 17.0 Å². The molecule has 2 fully saturated rings. The molecule has 6 rings (SSSR count). The highest BCUT2D eigenvalue weighted by Crippen LogP contribution is 2.44. The molecule has 1 saturated carbocycles. The molecule has 304 valence electrons. The van der Waals surface area contributed by atoms with E-state index in [9.17, 15) is 4.79 Å². The average molecular weight is 810 g/mol. The maximum absolute atomic E-state index is 13.8. The molecule has 0 bridgehead atoms. The fourth-order valence-electron chi connectivity index (χ4n) is 7.66. The van der Waals surface area contributed by atoms with E-state index < -0.39 is 0 Å². The first kappa shape index (κ1) is 41.3. The van der Waals surface area contributed by atoms with E-state index in [1.165, 1.54) is 0 Å². The van der Waals surface area contributed by atoms with Crippen LogP contribution < -0.4 is 38.9 Å². The zero-order valence-electron chi connectivity index (χ0n) is 33.5. The topological polar surface area (TPSA) is 133 Å². The molecule has 12 nitrogen and oxygen atoms in total. The van der Waals surface area contributed by atoms with Crippen LogP contribution in [0.4, 0.5) is 5.69 Å². The smallest absolute Gasteiger partial charge is 0.256 e. The molecule has 2 aliphatic heterocycles. The van der Waals surface area contributed by atoms with Crippen LogP contribution in [0.3, 0.4) is 0 Å². The number of anilines is 1. The number of nitrogens with zero attached hydrogens (tertiary/aromatic N) is 2. The van der Waals surface area contributed by atoms with E-state index in [0.29, 0.717) is 87.5 Å². The van der Waals surface area contributed by atoms with Gasteiger partial charge in [0.1, 0.15) is 0 Å². The van der Waals surface area contributed by atoms with Gasteiger partial charge in [-0.05, 0) is 85.4 Å². The van der Waals surface area contributed by atoms with E-state index in [1.807, 2.05) is 58.8 Å². The second kappa shape index (κ2) is 19.2. The first-order chi connectivity index (χ1) is 27.2. The monoisotopic (exact) mass is 809 g/mol. The SMILES string of the molecule is CCSC(SCC)[C@@H]1CCCN1C(=O)c1cc(OC)c(OCC2CC(COc3ccc(C4=NOC(c5cc(OC)c(OC)c(OC)c5)C4)cc3OC)C2)cc1N. The lowest BCUT2D eigenvalue weighted by atomic mass is 9.76. The Hall–Kier alpha value is -4.30. The molecule has 2 heterocycles. The largest absolute Gasteiger partial charge is 0.493 e. The highest BCUT2D eigenvalue weighted by Gasteiger charge is 2.37. The summed E-state index contributed by atoms with van der Waals surface area (Å²) in [4.78, 5) is 21.7. The van der Waals surface area contributed by atoms with Gasteiger partial charge in [0.2, 0.25) is 5.75 Å². The summed E-state index contributed by atoms with van der Waals surface area (Å²) in [6.45, 7) is 6.18. The van der Waals surface area contributed by atoms with Crippen molar-refractivity contribution in [3.8, 4) is 40.2 Å². The molecule has 1 aliphatic carbocycles. The highest BCUT2D eigenvalue weighted by molar-refractivity contribution is 8.17. The number of likely N-dealkylation sites (tertiary alicyclic amines) is 1. The van der Waals surface area contributed by atoms with Gasteiger partial charge in [0, 0.05) is 35.8 Å². The zero-order chi connectivity index (χ0) is 39.8. The standard InChI is InChI=1S/C42H55N3O9S2/c1-8-55-42(56-9-2)32-11-10-14-45(32)41(46)29-20-36(48-4)37(21-30(29)43)53-24-26-15-25(16-26)23-52-33-13-12-27(17-35(33)47-3)31-22-34(54-44-31)28-18-38(49-5)40(51-7)39(19-28)50-6/h12-13,17-21,25-26,32,34,42H,8-11,14-16,22-24,43H2,1-7H3/t25?,26?,32-,34?/m0/s1. The molecule has 0 spiro atoms. The number of amides is 1. The van der Waals surface area contributed by atoms with Gasteiger partial charge in [0.05, 0.1) is 70.7 Å². The number of benzene rings is 3. The Balaban J connectivity index is 0.995. The summed E-state index contributed by atoms with van der Waals surface area (Å²) in [5.41, 5.74) is 9.95. The second-order valence-corrected chi connectivity index (χ2v) is 17.2. The fourth-order valence-corrected chi connectivity index (χ4v) is 10.5. The number of oxime groups is 1. The normalized spacial score (nSPS) is 20.2. The van der Waals surface area contributed by atoms with E-state index in [1.54, 1.807) is 47.7 Å². The molecule has 1 amide bonds. The maximum Gasteiger partial charge on any atom is 0.256 e. The molecule has 1 saturated heterocycles. The summed E-state index contributed by atoms with van der Waals surface area (Å²) < 4.78 is 40.8. The molecular weight excluding hydrogens is 755 g/mol. The summed E-state index contributed by atoms with van der Waals surface area (Å²) in [5.74, 6) is 6.78. The van der Waals surface area contributed by atoms with Crippen LogP contribution in [0.25, 0.3) is 0 Å². The van der Waals surface area contributed by atoms with Gasteiger partial charge >= 0.3 is 0 Å². The van der Waals surface area contributed by atoms with Crippen molar-refractivity contribution in [2.45, 2.75) is 62.7 Å². The number of carbonyl (C=O) groups excluding carboxylic acids is 1. The van der Waals surface area contributed by atoms with Gasteiger partial charge in [-0.15, -0.1) is 23.5 Å². The summed E-state index contributed by atoms with van der Waals surface area (Å²) in [5, 5.41) is 4.39. The number of hydrogen-bond acceptors (Lipinski definition) is 13. The number of carbonyl (C=O) groups is 1. The quantitative estimate of drug-likeness (QED) is 0.0927. The molecule has 3 aliphatic rings. The summed E-state index contributed by atoms with van der Waals surface area (Å²) in [6, 6.07) is 13.3. The number of nitrogens with two attached hydrogens (primary N) is 1. The first-order valence-electron chi connectivity index (χ1n) is 19.2. The molecule has 2 N–H and O–H groups in total. The van der Waals surface area contributed by atoms with Gasteiger partial charge in [-0.3, -0.25) is 4.79 Å². The molecule has 3 aromatic carbocycles. The van der Waals surface area contributed by atoms with Crippen LogP contribution in [-0.2, 0) is 4.84 Å². The summed E-state index contributed by atoms with van der Waals surface area (Å²) in [6.07, 6.45) is 4.19. The van der Waals surface area contributed by atoms with Crippen LogP contribution in [-0.4, -0.2) is 94.0 Å². The van der Waals surface area contributed by atoms with Gasteiger partial charge in [-0.2, -0.15) is 0 Å². The molecule has 3 aromatic rings. The Morgan fingerprint density at radius 1 is 0.821 bits per heavy atom. The second-order valence-electron chi connectivity index (χ2n) is 14.1. The van der Waals surface area contributed by atoms with Gasteiger partial charge in [-0.1, -0.05) is 19.0 Å². The van der Waals surface area contributed by atoms with Crippen molar-refractivity contribution in [1.29, 1.82) is 0 Å². The summed E-state index contributed by atoms with van der Waals surface area (Å²) >= 11 is 3.84. The Bertz CT molecular complexity index is 1820. The number of thioether (sulfide) groups is 2. The summed E-state index contributed by atoms with van der Waals surface area (Å²) in [7, 11) is 7.98. The average Bonchev–Trinajstić information content (AvgIpc) is 3.90. The predicted molar refractivity (Wildman–Crippen MR) is 223 cm³/mol. The van der Waals surface area contributed by atoms with Gasteiger partial charge < -0.3 is 48.6 Å². The molecular formula is C42H55N3O9S2. The van der Waals surface area contributed by atoms with E-state index in [-0.39, 0.29) is 18.1 Å². The molecule has 14 heteroatoms. The van der Waals surface area contributed by atoms with Crippen molar-refractivity contribution in [1.82, 2.24) is 4.90 Å². The van der Waals surface area contributed by atoms with Crippen LogP contribution >= 0.6 is 23.5 Å². The van der Waals surface area contributed by atoms with Crippen molar-refractivity contribution in [3.63, 3.8) is 0 Å². The Kier molecular flexibility index (Phi) is 14.2. The zero-order valence-corrected chi connectivity index (χ0v) is 35.1. The van der Waals surface area contributed by atoms with E-state index in [0.717, 1.165) is 60.6 Å².